The molecule has 4 rings (SSSR count). The lowest BCUT2D eigenvalue weighted by Gasteiger charge is -2.44. The topological polar surface area (TPSA) is 88.0 Å². The van der Waals surface area contributed by atoms with Crippen molar-refractivity contribution in [3.63, 3.8) is 0 Å². The molecule has 0 saturated heterocycles. The van der Waals surface area contributed by atoms with Gasteiger partial charge in [-0.25, -0.2) is 0 Å². The molecule has 0 spiro atoms. The number of rotatable bonds is 9. The van der Waals surface area contributed by atoms with Gasteiger partial charge in [-0.1, -0.05) is 30.3 Å². The van der Waals surface area contributed by atoms with E-state index in [0.717, 1.165) is 31.2 Å². The van der Waals surface area contributed by atoms with Gasteiger partial charge < -0.3 is 25.0 Å². The smallest absolute Gasteiger partial charge is 0.252 e. The monoisotopic (exact) mass is 389 g/mol. The Morgan fingerprint density at radius 3 is 2.46 bits per heavy atom. The molecular weight excluding hydrogens is 358 g/mol. The Balaban J connectivity index is 1.48. The first-order chi connectivity index (χ1) is 13.6. The Labute approximate surface area is 166 Å². The minimum Gasteiger partial charge on any atom is -0.390 e. The lowest BCUT2D eigenvalue weighted by atomic mass is 9.78. The van der Waals surface area contributed by atoms with Crippen molar-refractivity contribution < 1.29 is 24.5 Å². The van der Waals surface area contributed by atoms with Crippen molar-refractivity contribution >= 4 is 5.91 Å². The second-order valence-electron chi connectivity index (χ2n) is 8.70. The summed E-state index contributed by atoms with van der Waals surface area (Å²) < 4.78 is 12.1. The molecule has 6 nitrogen and oxygen atoms in total. The molecule has 1 amide bonds. The van der Waals surface area contributed by atoms with Crippen LogP contribution in [-0.2, 0) is 20.9 Å². The third-order valence-corrected chi connectivity index (χ3v) is 6.11. The molecule has 3 fully saturated rings. The Hall–Kier alpha value is -1.47. The van der Waals surface area contributed by atoms with Gasteiger partial charge in [-0.2, -0.15) is 0 Å². The van der Waals surface area contributed by atoms with Crippen molar-refractivity contribution in [2.45, 2.75) is 69.0 Å². The normalized spacial score (nSPS) is 32.9. The largest absolute Gasteiger partial charge is 0.390 e. The molecule has 1 aromatic carbocycles. The third-order valence-electron chi connectivity index (χ3n) is 6.11. The van der Waals surface area contributed by atoms with Gasteiger partial charge in [0.2, 0.25) is 0 Å². The first-order valence-electron chi connectivity index (χ1n) is 10.5. The molecule has 0 heterocycles. The molecular formula is C22H31NO5. The predicted molar refractivity (Wildman–Crippen MR) is 103 cm³/mol. The quantitative estimate of drug-likeness (QED) is 0.599. The van der Waals surface area contributed by atoms with Crippen molar-refractivity contribution in [2.24, 2.45) is 11.8 Å². The van der Waals surface area contributed by atoms with E-state index in [1.165, 1.54) is 0 Å². The summed E-state index contributed by atoms with van der Waals surface area (Å²) in [6, 6.07) is 9.69. The molecule has 3 aliphatic carbocycles. The second-order valence-corrected chi connectivity index (χ2v) is 8.70. The third kappa shape index (κ3) is 4.92. The van der Waals surface area contributed by atoms with E-state index in [1.807, 2.05) is 30.3 Å². The van der Waals surface area contributed by atoms with Gasteiger partial charge in [0.25, 0.3) is 5.91 Å². The van der Waals surface area contributed by atoms with Crippen LogP contribution in [0.5, 0.6) is 0 Å². The van der Waals surface area contributed by atoms with Gasteiger partial charge in [0, 0.05) is 26.0 Å². The van der Waals surface area contributed by atoms with Crippen molar-refractivity contribution in [3.8, 4) is 0 Å². The summed E-state index contributed by atoms with van der Waals surface area (Å²) in [6.45, 7) is 1.48. The number of carbonyl (C=O) groups is 1. The lowest BCUT2D eigenvalue weighted by Crippen LogP contribution is -2.60. The van der Waals surface area contributed by atoms with E-state index in [4.69, 9.17) is 9.47 Å². The van der Waals surface area contributed by atoms with E-state index in [0.29, 0.717) is 25.0 Å². The highest BCUT2D eigenvalue weighted by atomic mass is 16.5. The van der Waals surface area contributed by atoms with Crippen molar-refractivity contribution in [1.82, 2.24) is 5.32 Å². The van der Waals surface area contributed by atoms with E-state index in [1.54, 1.807) is 0 Å². The first-order valence-corrected chi connectivity index (χ1v) is 10.5. The number of carbonyl (C=O) groups excluding carboxylic acids is 1. The Bertz CT molecular complexity index is 660. The number of hydrogen-bond acceptors (Lipinski definition) is 5. The molecule has 28 heavy (non-hydrogen) atoms. The van der Waals surface area contributed by atoms with Crippen LogP contribution in [-0.4, -0.2) is 53.2 Å². The SMILES string of the molecule is O=C(NCC1CC1)[C@]1(OCc2ccccc2)C[C@@H](O)[C@@H](O)[C@@H](OCC2CC2)C1. The van der Waals surface area contributed by atoms with Gasteiger partial charge in [-0.15, -0.1) is 0 Å². The predicted octanol–water partition coefficient (Wildman–Crippen LogP) is 1.78. The number of aliphatic hydroxyl groups is 2. The van der Waals surface area contributed by atoms with Gasteiger partial charge in [0.1, 0.15) is 6.10 Å². The number of ether oxygens (including phenoxy) is 2. The number of benzene rings is 1. The fraction of sp³-hybridized carbons (Fsp3) is 0.682. The zero-order valence-corrected chi connectivity index (χ0v) is 16.3. The van der Waals surface area contributed by atoms with Crippen LogP contribution in [0.2, 0.25) is 0 Å². The van der Waals surface area contributed by atoms with Gasteiger partial charge in [-0.05, 0) is 43.1 Å². The van der Waals surface area contributed by atoms with Crippen LogP contribution in [0, 0.1) is 11.8 Å². The molecule has 3 N–H and O–H groups in total. The maximum atomic E-state index is 13.1. The van der Waals surface area contributed by atoms with Crippen molar-refractivity contribution in [1.29, 1.82) is 0 Å². The van der Waals surface area contributed by atoms with Gasteiger partial charge in [-0.3, -0.25) is 4.79 Å². The number of aliphatic hydroxyl groups excluding tert-OH is 2. The zero-order chi connectivity index (χ0) is 19.6. The molecule has 3 aliphatic rings. The van der Waals surface area contributed by atoms with E-state index in [-0.39, 0.29) is 25.4 Å². The number of hydrogen-bond donors (Lipinski definition) is 3. The molecule has 3 saturated carbocycles. The standard InChI is InChI=1S/C22H31NO5/c24-18-10-22(21(26)23-12-15-6-7-15,28-14-16-4-2-1-3-5-16)11-19(20(18)25)27-13-17-8-9-17/h1-5,15,17-20,24-25H,6-14H2,(H,23,26)/t18-,19+,20-,22+/m1/s1. The molecule has 1 aromatic rings. The van der Waals surface area contributed by atoms with Crippen LogP contribution in [0.4, 0.5) is 0 Å². The summed E-state index contributed by atoms with van der Waals surface area (Å²) in [5.74, 6) is 0.882. The number of nitrogens with one attached hydrogen (secondary N) is 1. The highest BCUT2D eigenvalue weighted by molar-refractivity contribution is 5.85. The van der Waals surface area contributed by atoms with E-state index in [9.17, 15) is 15.0 Å². The molecule has 0 bridgehead atoms. The Kier molecular flexibility index (Phi) is 6.01. The van der Waals surface area contributed by atoms with Crippen LogP contribution in [0.15, 0.2) is 30.3 Å². The summed E-state index contributed by atoms with van der Waals surface area (Å²) in [7, 11) is 0. The maximum Gasteiger partial charge on any atom is 0.252 e. The van der Waals surface area contributed by atoms with Gasteiger partial charge >= 0.3 is 0 Å². The van der Waals surface area contributed by atoms with E-state index >= 15 is 0 Å². The van der Waals surface area contributed by atoms with E-state index < -0.39 is 23.9 Å². The van der Waals surface area contributed by atoms with E-state index in [2.05, 4.69) is 5.32 Å². The van der Waals surface area contributed by atoms with Crippen LogP contribution in [0.25, 0.3) is 0 Å². The van der Waals surface area contributed by atoms with Crippen LogP contribution < -0.4 is 5.32 Å². The molecule has 6 heteroatoms. The molecule has 0 unspecified atom stereocenters. The summed E-state index contributed by atoms with van der Waals surface area (Å²) in [4.78, 5) is 13.1. The average molecular weight is 389 g/mol. The highest BCUT2D eigenvalue weighted by Gasteiger charge is 2.51. The highest BCUT2D eigenvalue weighted by Crippen LogP contribution is 2.37. The fourth-order valence-corrected chi connectivity index (χ4v) is 3.82. The summed E-state index contributed by atoms with van der Waals surface area (Å²) in [5.41, 5.74) is -0.231. The van der Waals surface area contributed by atoms with Gasteiger partial charge in [0.15, 0.2) is 5.60 Å². The maximum absolute atomic E-state index is 13.1. The Morgan fingerprint density at radius 1 is 1.07 bits per heavy atom. The second kappa shape index (κ2) is 8.49. The number of amides is 1. The molecule has 154 valence electrons. The van der Waals surface area contributed by atoms with Crippen LogP contribution in [0.1, 0.15) is 44.1 Å². The van der Waals surface area contributed by atoms with Crippen LogP contribution >= 0.6 is 0 Å². The minimum absolute atomic E-state index is 0.0702. The minimum atomic E-state index is -1.20. The molecule has 0 aromatic heterocycles. The molecule has 4 atom stereocenters. The summed E-state index contributed by atoms with van der Waals surface area (Å²) in [5, 5.41) is 24.0. The first kappa shape index (κ1) is 19.8. The molecule has 0 aliphatic heterocycles. The average Bonchev–Trinajstić information content (AvgIpc) is 3.61. The summed E-state index contributed by atoms with van der Waals surface area (Å²) in [6.07, 6.45) is 2.24. The fourth-order valence-electron chi connectivity index (χ4n) is 3.82. The lowest BCUT2D eigenvalue weighted by molar-refractivity contribution is -0.198. The van der Waals surface area contributed by atoms with Crippen molar-refractivity contribution in [3.05, 3.63) is 35.9 Å². The van der Waals surface area contributed by atoms with Gasteiger partial charge in [0.05, 0.1) is 18.8 Å². The van der Waals surface area contributed by atoms with Crippen LogP contribution in [0.3, 0.4) is 0 Å². The molecule has 0 radical (unpaired) electrons. The van der Waals surface area contributed by atoms with Crippen molar-refractivity contribution in [2.75, 3.05) is 13.2 Å². The Morgan fingerprint density at radius 2 is 1.79 bits per heavy atom. The summed E-state index contributed by atoms with van der Waals surface area (Å²) >= 11 is 0. The zero-order valence-electron chi connectivity index (χ0n) is 16.3.